The van der Waals surface area contributed by atoms with Crippen LogP contribution in [0.25, 0.3) is 21.5 Å². The lowest BCUT2D eigenvalue weighted by Gasteiger charge is -2.35. The van der Waals surface area contributed by atoms with Crippen LogP contribution in [0.5, 0.6) is 0 Å². The smallest absolute Gasteiger partial charge is 0.210 e. The zero-order valence-electron chi connectivity index (χ0n) is 24.0. The van der Waals surface area contributed by atoms with Crippen molar-refractivity contribution >= 4 is 44.4 Å². The third-order valence-corrected chi connectivity index (χ3v) is 9.87. The minimum atomic E-state index is -0.315. The van der Waals surface area contributed by atoms with Crippen LogP contribution in [0.2, 0.25) is 0 Å². The zero-order chi connectivity index (χ0) is 28.1. The fourth-order valence-electron chi connectivity index (χ4n) is 7.72. The molecule has 0 fully saturated rings. The van der Waals surface area contributed by atoms with Crippen LogP contribution >= 0.6 is 0 Å². The van der Waals surface area contributed by atoms with Crippen molar-refractivity contribution in [3.8, 4) is 0 Å². The van der Waals surface area contributed by atoms with E-state index >= 15 is 0 Å². The Morgan fingerprint density at radius 1 is 0.875 bits per heavy atom. The highest BCUT2D eigenvalue weighted by atomic mass is 16.3. The number of fused-ring (bicyclic) bond motifs is 6. The maximum absolute atomic E-state index is 13.6. The summed E-state index contributed by atoms with van der Waals surface area (Å²) in [6.45, 7) is 8.93. The van der Waals surface area contributed by atoms with E-state index in [0.29, 0.717) is 17.6 Å². The number of benzene rings is 4. The van der Waals surface area contributed by atoms with Gasteiger partial charge in [-0.3, -0.25) is 4.79 Å². The number of hydrogen-bond donors (Lipinski definition) is 1. The van der Waals surface area contributed by atoms with Gasteiger partial charge in [0.1, 0.15) is 12.8 Å². The Bertz CT molecular complexity index is 1890. The highest BCUT2D eigenvalue weighted by Gasteiger charge is 2.49. The summed E-state index contributed by atoms with van der Waals surface area (Å²) >= 11 is 0. The molecular weight excluding hydrogens is 492 g/mol. The molecule has 4 heteroatoms. The van der Waals surface area contributed by atoms with Crippen LogP contribution in [-0.2, 0) is 15.6 Å². The third-order valence-electron chi connectivity index (χ3n) is 9.87. The second-order valence-electron chi connectivity index (χ2n) is 12.7. The van der Waals surface area contributed by atoms with Crippen LogP contribution in [0.15, 0.2) is 95.8 Å². The second-order valence-corrected chi connectivity index (χ2v) is 12.7. The summed E-state index contributed by atoms with van der Waals surface area (Å²) in [6, 6.07) is 25.7. The van der Waals surface area contributed by atoms with Crippen molar-refractivity contribution in [3.05, 3.63) is 107 Å². The molecule has 1 aliphatic carbocycles. The predicted octanol–water partition coefficient (Wildman–Crippen LogP) is 7.51. The average Bonchev–Trinajstić information content (AvgIpc) is 3.27. The van der Waals surface area contributed by atoms with Gasteiger partial charge in [-0.25, -0.2) is 0 Å². The van der Waals surface area contributed by atoms with E-state index in [1.54, 1.807) is 0 Å². The minimum absolute atomic E-state index is 0.0416. The van der Waals surface area contributed by atoms with E-state index in [2.05, 4.69) is 124 Å². The minimum Gasteiger partial charge on any atom is -0.507 e. The highest BCUT2D eigenvalue weighted by molar-refractivity contribution is 6.23. The number of anilines is 1. The topological polar surface area (TPSA) is 43.5 Å². The van der Waals surface area contributed by atoms with E-state index < -0.39 is 0 Å². The number of aliphatic hydroxyl groups is 1. The number of hydrogen-bond acceptors (Lipinski definition) is 3. The van der Waals surface area contributed by atoms with Gasteiger partial charge in [0.2, 0.25) is 5.69 Å². The Labute approximate surface area is 235 Å². The summed E-state index contributed by atoms with van der Waals surface area (Å²) in [4.78, 5) is 15.9. The number of likely N-dealkylation sites (N-methyl/N-ethyl adjacent to an activating group) is 1. The van der Waals surface area contributed by atoms with Crippen molar-refractivity contribution in [2.75, 3.05) is 19.0 Å². The average molecular weight is 528 g/mol. The zero-order valence-corrected chi connectivity index (χ0v) is 24.0. The molecule has 2 heterocycles. The molecule has 200 valence electrons. The monoisotopic (exact) mass is 527 g/mol. The van der Waals surface area contributed by atoms with Crippen molar-refractivity contribution in [1.82, 2.24) is 0 Å². The quantitative estimate of drug-likeness (QED) is 0.222. The molecule has 40 heavy (non-hydrogen) atoms. The molecule has 0 saturated carbocycles. The van der Waals surface area contributed by atoms with Gasteiger partial charge in [0.25, 0.3) is 0 Å². The maximum Gasteiger partial charge on any atom is 0.210 e. The van der Waals surface area contributed by atoms with Crippen LogP contribution in [0.4, 0.5) is 11.4 Å². The molecule has 7 rings (SSSR count). The van der Waals surface area contributed by atoms with E-state index in [9.17, 15) is 9.90 Å². The van der Waals surface area contributed by atoms with Crippen LogP contribution in [0.1, 0.15) is 45.2 Å². The van der Waals surface area contributed by atoms with Crippen molar-refractivity contribution in [1.29, 1.82) is 0 Å². The number of rotatable bonds is 3. The first-order valence-electron chi connectivity index (χ1n) is 14.1. The predicted molar refractivity (Wildman–Crippen MR) is 164 cm³/mol. The second kappa shape index (κ2) is 8.17. The summed E-state index contributed by atoms with van der Waals surface area (Å²) in [6.07, 6.45) is 2.43. The molecule has 4 aromatic rings. The Morgan fingerprint density at radius 2 is 1.48 bits per heavy atom. The lowest BCUT2D eigenvalue weighted by atomic mass is 9.72. The van der Waals surface area contributed by atoms with Gasteiger partial charge in [-0.15, -0.1) is 0 Å². The normalized spacial score (nSPS) is 21.9. The lowest BCUT2D eigenvalue weighted by molar-refractivity contribution is -0.401. The maximum atomic E-state index is 13.6. The molecule has 0 spiro atoms. The molecule has 2 aliphatic heterocycles. The standard InChI is InChI=1S/C36H34N2O2/c1-35(2)29(37(5)27-17-15-21-11-7-9-13-23(21)31(27)35)19-25-33(39)26(34(25)40)20-30-36(3,4)32-24-14-10-8-12-22(24)16-18-28(32)38(30)6/h7-19,30H,20H2,1-6H3/p+1. The van der Waals surface area contributed by atoms with Gasteiger partial charge in [-0.2, -0.15) is 4.58 Å². The Balaban J connectivity index is 1.24. The summed E-state index contributed by atoms with van der Waals surface area (Å²) in [7, 11) is 4.16. The summed E-state index contributed by atoms with van der Waals surface area (Å²) in [5, 5.41) is 16.2. The van der Waals surface area contributed by atoms with Gasteiger partial charge in [0.15, 0.2) is 11.5 Å². The van der Waals surface area contributed by atoms with E-state index in [4.69, 9.17) is 0 Å². The van der Waals surface area contributed by atoms with Crippen LogP contribution < -0.4 is 4.90 Å². The Kier molecular flexibility index (Phi) is 5.07. The number of carbonyl (C=O) groups is 1. The lowest BCUT2D eigenvalue weighted by Crippen LogP contribution is -2.42. The van der Waals surface area contributed by atoms with Crippen LogP contribution in [0.3, 0.4) is 0 Å². The first kappa shape index (κ1) is 24.8. The van der Waals surface area contributed by atoms with Gasteiger partial charge in [-0.1, -0.05) is 68.4 Å². The molecule has 1 N–H and O–H groups in total. The van der Waals surface area contributed by atoms with Crippen molar-refractivity contribution in [2.24, 2.45) is 0 Å². The molecule has 4 nitrogen and oxygen atoms in total. The van der Waals surface area contributed by atoms with Crippen LogP contribution in [0, 0.1) is 0 Å². The van der Waals surface area contributed by atoms with Crippen molar-refractivity contribution < 1.29 is 14.5 Å². The number of nitrogens with zero attached hydrogens (tertiary/aromatic N) is 2. The highest BCUT2D eigenvalue weighted by Crippen LogP contribution is 2.51. The molecule has 0 bridgehead atoms. The molecular formula is C36H35N2O2+. The summed E-state index contributed by atoms with van der Waals surface area (Å²) in [5.74, 6) is 0.104. The summed E-state index contributed by atoms with van der Waals surface area (Å²) < 4.78 is 2.17. The molecule has 3 aliphatic rings. The Morgan fingerprint density at radius 3 is 2.12 bits per heavy atom. The first-order valence-corrected chi connectivity index (χ1v) is 14.1. The number of aliphatic hydroxyl groups excluding tert-OH is 1. The fourth-order valence-corrected chi connectivity index (χ4v) is 7.72. The summed E-state index contributed by atoms with van der Waals surface area (Å²) in [5.41, 5.74) is 6.39. The third kappa shape index (κ3) is 3.13. The number of Topliss-reactive ketones (excluding diaryl/α,β-unsaturated/α-hetero) is 1. The number of allylic oxidation sites excluding steroid dienone is 2. The SMILES string of the molecule is CN1c2ccc3ccccc3c2C(C)(C)C1CC1=C(O)C(=CC2=[N+](C)c3ccc4ccccc4c3C2(C)C)C1=O. The number of ketones is 1. The first-order chi connectivity index (χ1) is 19.0. The van der Waals surface area contributed by atoms with Crippen LogP contribution in [-0.4, -0.2) is 41.3 Å². The molecule has 4 aromatic carbocycles. The molecule has 0 saturated heterocycles. The van der Waals surface area contributed by atoms with Gasteiger partial charge in [-0.05, 0) is 53.1 Å². The largest absolute Gasteiger partial charge is 0.507 e. The van der Waals surface area contributed by atoms with Gasteiger partial charge >= 0.3 is 0 Å². The van der Waals surface area contributed by atoms with Gasteiger partial charge in [0.05, 0.1) is 11.0 Å². The van der Waals surface area contributed by atoms with E-state index in [0.717, 1.165) is 11.4 Å². The van der Waals surface area contributed by atoms with Crippen molar-refractivity contribution in [2.45, 2.75) is 51.0 Å². The van der Waals surface area contributed by atoms with Crippen molar-refractivity contribution in [3.63, 3.8) is 0 Å². The van der Waals surface area contributed by atoms with E-state index in [1.807, 2.05) is 6.08 Å². The number of carbonyl (C=O) groups excluding carboxylic acids is 1. The molecule has 0 amide bonds. The fraction of sp³-hybridized carbons (Fsp3) is 0.278. The molecule has 0 aromatic heterocycles. The molecule has 1 atom stereocenters. The Hall–Kier alpha value is -4.18. The van der Waals surface area contributed by atoms with Gasteiger partial charge < -0.3 is 10.0 Å². The molecule has 0 radical (unpaired) electrons. The molecule has 1 unspecified atom stereocenters. The van der Waals surface area contributed by atoms with Gasteiger partial charge in [0, 0.05) is 53.9 Å². The van der Waals surface area contributed by atoms with E-state index in [1.165, 1.54) is 38.4 Å². The van der Waals surface area contributed by atoms with E-state index in [-0.39, 0.29) is 28.4 Å².